The van der Waals surface area contributed by atoms with Gasteiger partial charge in [0.1, 0.15) is 5.75 Å². The summed E-state index contributed by atoms with van der Waals surface area (Å²) < 4.78 is 5.66. The van der Waals surface area contributed by atoms with E-state index < -0.39 is 0 Å². The molecule has 1 aliphatic rings. The van der Waals surface area contributed by atoms with Crippen molar-refractivity contribution in [3.8, 4) is 5.75 Å². The Labute approximate surface area is 202 Å². The summed E-state index contributed by atoms with van der Waals surface area (Å²) in [6.45, 7) is 16.5. The summed E-state index contributed by atoms with van der Waals surface area (Å²) in [6, 6.07) is 11.2. The standard InChI is InChI=1S/C12H20N2S.C12H18O.C3H9N/c1-10(2)14-8-11(9-14)6-13-7-12-4-3-5-15-12;1-4-5-9-13-12-8-6-7-10(2)11(12)3;1-4(2)3/h3-5,10-11,13H,6-9H2,1-2H3;6-8H,4-5,9H2,1-3H3;1-3H3. The zero-order valence-corrected chi connectivity index (χ0v) is 22.6. The zero-order chi connectivity index (χ0) is 23.9. The molecule has 0 aliphatic carbocycles. The molecule has 2 aromatic rings. The summed E-state index contributed by atoms with van der Waals surface area (Å²) in [5.74, 6) is 1.90. The van der Waals surface area contributed by atoms with Crippen LogP contribution in [0.25, 0.3) is 0 Å². The second kappa shape index (κ2) is 16.2. The molecule has 0 unspecified atom stereocenters. The van der Waals surface area contributed by atoms with Crippen LogP contribution in [0.4, 0.5) is 0 Å². The largest absolute Gasteiger partial charge is 0.493 e. The monoisotopic (exact) mass is 461 g/mol. The van der Waals surface area contributed by atoms with Gasteiger partial charge in [0, 0.05) is 37.1 Å². The van der Waals surface area contributed by atoms with Gasteiger partial charge in [0.05, 0.1) is 6.61 Å². The first-order valence-electron chi connectivity index (χ1n) is 12.0. The van der Waals surface area contributed by atoms with Gasteiger partial charge in [-0.05, 0) is 89.8 Å². The third kappa shape index (κ3) is 12.0. The highest BCUT2D eigenvalue weighted by atomic mass is 32.1. The molecule has 0 atom stereocenters. The van der Waals surface area contributed by atoms with E-state index in [2.05, 4.69) is 68.4 Å². The molecule has 1 aromatic carbocycles. The number of hydrogen-bond donors (Lipinski definition) is 1. The highest BCUT2D eigenvalue weighted by molar-refractivity contribution is 7.09. The van der Waals surface area contributed by atoms with Crippen molar-refractivity contribution in [2.45, 2.75) is 60.0 Å². The molecule has 0 saturated carbocycles. The molecule has 1 aromatic heterocycles. The summed E-state index contributed by atoms with van der Waals surface area (Å²) in [7, 11) is 6.00. The van der Waals surface area contributed by atoms with Crippen molar-refractivity contribution in [1.82, 2.24) is 15.1 Å². The molecule has 0 radical (unpaired) electrons. The maximum absolute atomic E-state index is 5.66. The van der Waals surface area contributed by atoms with Gasteiger partial charge >= 0.3 is 0 Å². The van der Waals surface area contributed by atoms with Gasteiger partial charge in [-0.3, -0.25) is 0 Å². The molecule has 1 fully saturated rings. The Morgan fingerprint density at radius 2 is 1.81 bits per heavy atom. The van der Waals surface area contributed by atoms with Crippen LogP contribution >= 0.6 is 11.3 Å². The summed E-state index contributed by atoms with van der Waals surface area (Å²) in [5.41, 5.74) is 2.56. The minimum Gasteiger partial charge on any atom is -0.493 e. The number of unbranched alkanes of at least 4 members (excludes halogenated alkanes) is 1. The number of nitrogens with zero attached hydrogens (tertiary/aromatic N) is 2. The highest BCUT2D eigenvalue weighted by Crippen LogP contribution is 2.20. The molecule has 0 spiro atoms. The van der Waals surface area contributed by atoms with Crippen LogP contribution in [0.1, 0.15) is 49.6 Å². The number of benzene rings is 1. The molecule has 1 N–H and O–H groups in total. The smallest absolute Gasteiger partial charge is 0.122 e. The minimum atomic E-state index is 0.721. The van der Waals surface area contributed by atoms with Crippen LogP contribution in [-0.2, 0) is 6.54 Å². The third-order valence-corrected chi connectivity index (χ3v) is 6.21. The van der Waals surface area contributed by atoms with E-state index in [0.29, 0.717) is 0 Å². The fraction of sp³-hybridized carbons (Fsp3) is 0.630. The average Bonchev–Trinajstić information content (AvgIpc) is 3.20. The summed E-state index contributed by atoms with van der Waals surface area (Å²) in [4.78, 5) is 5.97. The van der Waals surface area contributed by atoms with Gasteiger partial charge in [0.2, 0.25) is 0 Å². The number of likely N-dealkylation sites (tertiary alicyclic amines) is 1. The van der Waals surface area contributed by atoms with E-state index in [4.69, 9.17) is 4.74 Å². The Morgan fingerprint density at radius 1 is 1.12 bits per heavy atom. The molecule has 4 nitrogen and oxygen atoms in total. The van der Waals surface area contributed by atoms with Crippen molar-refractivity contribution < 1.29 is 4.74 Å². The maximum atomic E-state index is 5.66. The molecule has 0 bridgehead atoms. The molecule has 0 amide bonds. The predicted octanol–water partition coefficient (Wildman–Crippen LogP) is 5.84. The van der Waals surface area contributed by atoms with Gasteiger partial charge in [-0.2, -0.15) is 0 Å². The first kappa shape index (κ1) is 28.6. The Morgan fingerprint density at radius 3 is 2.38 bits per heavy atom. The van der Waals surface area contributed by atoms with E-state index in [-0.39, 0.29) is 0 Å². The lowest BCUT2D eigenvalue weighted by Gasteiger charge is -2.42. The first-order valence-corrected chi connectivity index (χ1v) is 12.9. The second-order valence-corrected chi connectivity index (χ2v) is 10.4. The topological polar surface area (TPSA) is 27.7 Å². The molecule has 2 heterocycles. The van der Waals surface area contributed by atoms with Gasteiger partial charge in [0.15, 0.2) is 0 Å². The Balaban J connectivity index is 0.000000277. The van der Waals surface area contributed by atoms with Gasteiger partial charge in [0.25, 0.3) is 0 Å². The Kier molecular flexibility index (Phi) is 14.5. The van der Waals surface area contributed by atoms with Gasteiger partial charge < -0.3 is 19.9 Å². The van der Waals surface area contributed by atoms with Crippen LogP contribution < -0.4 is 10.1 Å². The molecule has 3 rings (SSSR count). The number of rotatable bonds is 9. The van der Waals surface area contributed by atoms with Crippen molar-refractivity contribution in [2.75, 3.05) is 47.4 Å². The third-order valence-electron chi connectivity index (χ3n) is 5.34. The summed E-state index contributed by atoms with van der Waals surface area (Å²) >= 11 is 1.83. The van der Waals surface area contributed by atoms with Crippen LogP contribution in [0, 0.1) is 19.8 Å². The Bertz CT molecular complexity index is 707. The van der Waals surface area contributed by atoms with Crippen molar-refractivity contribution in [2.24, 2.45) is 5.92 Å². The fourth-order valence-electron chi connectivity index (χ4n) is 3.18. The molecular weight excluding hydrogens is 414 g/mol. The molecular formula is C27H47N3OS. The lowest BCUT2D eigenvalue weighted by molar-refractivity contribution is 0.0675. The number of hydrogen-bond acceptors (Lipinski definition) is 5. The fourth-order valence-corrected chi connectivity index (χ4v) is 3.85. The first-order chi connectivity index (χ1) is 15.2. The average molecular weight is 462 g/mol. The molecule has 182 valence electrons. The highest BCUT2D eigenvalue weighted by Gasteiger charge is 2.27. The number of aryl methyl sites for hydroxylation is 1. The van der Waals surface area contributed by atoms with Crippen LogP contribution in [-0.4, -0.2) is 63.2 Å². The molecule has 1 aliphatic heterocycles. The number of ether oxygens (including phenoxy) is 1. The quantitative estimate of drug-likeness (QED) is 0.475. The van der Waals surface area contributed by atoms with E-state index in [1.165, 1.54) is 42.1 Å². The lowest BCUT2D eigenvalue weighted by Crippen LogP contribution is -2.53. The second-order valence-electron chi connectivity index (χ2n) is 9.37. The van der Waals surface area contributed by atoms with E-state index in [0.717, 1.165) is 37.3 Å². The zero-order valence-electron chi connectivity index (χ0n) is 21.8. The van der Waals surface area contributed by atoms with E-state index in [1.807, 2.05) is 49.5 Å². The van der Waals surface area contributed by atoms with E-state index in [9.17, 15) is 0 Å². The predicted molar refractivity (Wildman–Crippen MR) is 142 cm³/mol. The molecule has 5 heteroatoms. The summed E-state index contributed by atoms with van der Waals surface area (Å²) in [5, 5.41) is 5.67. The van der Waals surface area contributed by atoms with Crippen LogP contribution in [0.3, 0.4) is 0 Å². The normalized spacial score (nSPS) is 13.8. The molecule has 32 heavy (non-hydrogen) atoms. The van der Waals surface area contributed by atoms with Gasteiger partial charge in [-0.1, -0.05) is 31.5 Å². The van der Waals surface area contributed by atoms with Gasteiger partial charge in [-0.25, -0.2) is 0 Å². The van der Waals surface area contributed by atoms with Crippen LogP contribution in [0.5, 0.6) is 5.75 Å². The van der Waals surface area contributed by atoms with Gasteiger partial charge in [-0.15, -0.1) is 11.3 Å². The SMILES string of the molecule is CC(C)N1CC(CNCc2cccs2)C1.CCCCOc1cccc(C)c1C.CN(C)C. The lowest BCUT2D eigenvalue weighted by atomic mass is 9.98. The molecule has 1 saturated heterocycles. The van der Waals surface area contributed by atoms with Crippen molar-refractivity contribution in [1.29, 1.82) is 0 Å². The van der Waals surface area contributed by atoms with E-state index >= 15 is 0 Å². The van der Waals surface area contributed by atoms with Crippen LogP contribution in [0.2, 0.25) is 0 Å². The van der Waals surface area contributed by atoms with Crippen LogP contribution in [0.15, 0.2) is 35.7 Å². The maximum Gasteiger partial charge on any atom is 0.122 e. The van der Waals surface area contributed by atoms with Crippen molar-refractivity contribution in [3.05, 3.63) is 51.7 Å². The van der Waals surface area contributed by atoms with Crippen molar-refractivity contribution >= 4 is 11.3 Å². The van der Waals surface area contributed by atoms with E-state index in [1.54, 1.807) is 0 Å². The summed E-state index contributed by atoms with van der Waals surface area (Å²) in [6.07, 6.45) is 2.32. The Hall–Kier alpha value is -1.40. The van der Waals surface area contributed by atoms with Crippen molar-refractivity contribution in [3.63, 3.8) is 0 Å². The number of nitrogens with one attached hydrogen (secondary N) is 1. The number of thiophene rings is 1. The minimum absolute atomic E-state index is 0.721.